The van der Waals surface area contributed by atoms with Gasteiger partial charge in [0.2, 0.25) is 0 Å². The van der Waals surface area contributed by atoms with Crippen LogP contribution >= 0.6 is 0 Å². The molecule has 0 amide bonds. The molecular weight excluding hydrogens is 150 g/mol. The van der Waals surface area contributed by atoms with E-state index in [9.17, 15) is 0 Å². The van der Waals surface area contributed by atoms with Crippen LogP contribution in [0.4, 0.5) is 0 Å². The first-order valence-corrected chi connectivity index (χ1v) is 4.67. The molecule has 3 nitrogen and oxygen atoms in total. The molecule has 66 valence electrons. The average Bonchev–Trinajstić information content (AvgIpc) is 2.30. The minimum atomic E-state index is 0.608. The van der Waals surface area contributed by atoms with Crippen LogP contribution in [0.5, 0.6) is 0 Å². The van der Waals surface area contributed by atoms with Crippen LogP contribution in [0, 0.1) is 0 Å². The van der Waals surface area contributed by atoms with E-state index < -0.39 is 0 Å². The fourth-order valence-corrected chi connectivity index (χ4v) is 1.95. The molecule has 1 atom stereocenters. The summed E-state index contributed by atoms with van der Waals surface area (Å²) in [7, 11) is 1.99. The molecule has 0 aliphatic heterocycles. The molecule has 1 aliphatic carbocycles. The Balaban J connectivity index is 2.41. The number of rotatable bonds is 0. The van der Waals surface area contributed by atoms with Gasteiger partial charge < -0.3 is 0 Å². The third-order valence-electron chi connectivity index (χ3n) is 2.74. The predicted molar refractivity (Wildman–Crippen MR) is 47.0 cm³/mol. The van der Waals surface area contributed by atoms with E-state index in [2.05, 4.69) is 17.2 Å². The first-order chi connectivity index (χ1) is 5.79. The number of nitrogens with zero attached hydrogens (tertiary/aromatic N) is 3. The van der Waals surface area contributed by atoms with Gasteiger partial charge in [0.05, 0.1) is 11.4 Å². The van der Waals surface area contributed by atoms with Crippen molar-refractivity contribution < 1.29 is 0 Å². The maximum absolute atomic E-state index is 4.21. The molecule has 0 saturated carbocycles. The highest BCUT2D eigenvalue weighted by Crippen LogP contribution is 2.27. The van der Waals surface area contributed by atoms with Crippen molar-refractivity contribution in [1.29, 1.82) is 0 Å². The summed E-state index contributed by atoms with van der Waals surface area (Å²) in [6.07, 6.45) is 5.05. The normalized spacial score (nSPS) is 23.3. The van der Waals surface area contributed by atoms with Gasteiger partial charge in [0.1, 0.15) is 0 Å². The van der Waals surface area contributed by atoms with Crippen molar-refractivity contribution in [2.75, 3.05) is 0 Å². The SMILES string of the molecule is CC1CCCCc2c1nnn2C. The molecule has 0 fully saturated rings. The van der Waals surface area contributed by atoms with E-state index in [1.54, 1.807) is 0 Å². The molecule has 0 bridgehead atoms. The lowest BCUT2D eigenvalue weighted by molar-refractivity contribution is 0.601. The van der Waals surface area contributed by atoms with E-state index in [-0.39, 0.29) is 0 Å². The third-order valence-corrected chi connectivity index (χ3v) is 2.74. The quantitative estimate of drug-likeness (QED) is 0.547. The van der Waals surface area contributed by atoms with Crippen molar-refractivity contribution >= 4 is 0 Å². The fourth-order valence-electron chi connectivity index (χ4n) is 1.95. The molecule has 0 saturated heterocycles. The summed E-state index contributed by atoms with van der Waals surface area (Å²) in [6, 6.07) is 0. The molecule has 1 unspecified atom stereocenters. The van der Waals surface area contributed by atoms with Gasteiger partial charge in [0.25, 0.3) is 0 Å². The van der Waals surface area contributed by atoms with Gasteiger partial charge in [0.15, 0.2) is 0 Å². The lowest BCUT2D eigenvalue weighted by atomic mass is 10.0. The zero-order valence-corrected chi connectivity index (χ0v) is 7.75. The van der Waals surface area contributed by atoms with Crippen molar-refractivity contribution in [2.45, 2.75) is 38.5 Å². The molecule has 1 aromatic heterocycles. The molecule has 2 rings (SSSR count). The number of hydrogen-bond donors (Lipinski definition) is 0. The van der Waals surface area contributed by atoms with Crippen molar-refractivity contribution in [3.05, 3.63) is 11.4 Å². The van der Waals surface area contributed by atoms with E-state index in [1.165, 1.54) is 30.7 Å². The second kappa shape index (κ2) is 2.88. The third kappa shape index (κ3) is 1.13. The van der Waals surface area contributed by atoms with E-state index >= 15 is 0 Å². The average molecular weight is 165 g/mol. The zero-order chi connectivity index (χ0) is 8.55. The highest BCUT2D eigenvalue weighted by Gasteiger charge is 2.19. The number of hydrogen-bond acceptors (Lipinski definition) is 2. The van der Waals surface area contributed by atoms with Crippen LogP contribution in [0.2, 0.25) is 0 Å². The van der Waals surface area contributed by atoms with Crippen molar-refractivity contribution in [3.63, 3.8) is 0 Å². The van der Waals surface area contributed by atoms with Gasteiger partial charge >= 0.3 is 0 Å². The van der Waals surface area contributed by atoms with Crippen LogP contribution in [0.15, 0.2) is 0 Å². The number of fused-ring (bicyclic) bond motifs is 1. The van der Waals surface area contributed by atoms with Crippen molar-refractivity contribution in [2.24, 2.45) is 7.05 Å². The molecule has 0 N–H and O–H groups in total. The molecule has 1 aliphatic rings. The molecule has 0 radical (unpaired) electrons. The minimum Gasteiger partial charge on any atom is -0.252 e. The first kappa shape index (κ1) is 7.77. The van der Waals surface area contributed by atoms with E-state index in [0.717, 1.165) is 6.42 Å². The Labute approximate surface area is 72.8 Å². The topological polar surface area (TPSA) is 30.7 Å². The monoisotopic (exact) mass is 165 g/mol. The molecule has 0 spiro atoms. The van der Waals surface area contributed by atoms with Crippen LogP contribution in [0.25, 0.3) is 0 Å². The second-order valence-corrected chi connectivity index (χ2v) is 3.69. The van der Waals surface area contributed by atoms with Gasteiger partial charge in [-0.05, 0) is 19.3 Å². The summed E-state index contributed by atoms with van der Waals surface area (Å²) in [6.45, 7) is 2.25. The maximum Gasteiger partial charge on any atom is 0.0887 e. The summed E-state index contributed by atoms with van der Waals surface area (Å²) in [5.74, 6) is 0.608. The molecule has 1 aromatic rings. The Kier molecular flexibility index (Phi) is 1.87. The van der Waals surface area contributed by atoms with Crippen LogP contribution in [0.3, 0.4) is 0 Å². The largest absolute Gasteiger partial charge is 0.252 e. The molecule has 12 heavy (non-hydrogen) atoms. The highest BCUT2D eigenvalue weighted by atomic mass is 15.4. The number of aromatic nitrogens is 3. The van der Waals surface area contributed by atoms with Crippen LogP contribution in [-0.4, -0.2) is 15.0 Å². The Morgan fingerprint density at radius 1 is 1.42 bits per heavy atom. The van der Waals surface area contributed by atoms with Crippen molar-refractivity contribution in [3.8, 4) is 0 Å². The van der Waals surface area contributed by atoms with E-state index in [4.69, 9.17) is 0 Å². The Bertz CT molecular complexity index is 277. The summed E-state index contributed by atoms with van der Waals surface area (Å²) in [4.78, 5) is 0. The van der Waals surface area contributed by atoms with Crippen LogP contribution < -0.4 is 0 Å². The smallest absolute Gasteiger partial charge is 0.0887 e. The van der Waals surface area contributed by atoms with Crippen molar-refractivity contribution in [1.82, 2.24) is 15.0 Å². The fraction of sp³-hybridized carbons (Fsp3) is 0.778. The Morgan fingerprint density at radius 2 is 2.25 bits per heavy atom. The van der Waals surface area contributed by atoms with Gasteiger partial charge in [-0.1, -0.05) is 18.6 Å². The van der Waals surface area contributed by atoms with Crippen LogP contribution in [0.1, 0.15) is 43.5 Å². The molecular formula is C9H15N3. The zero-order valence-electron chi connectivity index (χ0n) is 7.75. The summed E-state index contributed by atoms with van der Waals surface area (Å²) < 4.78 is 1.93. The van der Waals surface area contributed by atoms with Gasteiger partial charge in [-0.25, -0.2) is 0 Å². The predicted octanol–water partition coefficient (Wildman–Crippen LogP) is 1.65. The second-order valence-electron chi connectivity index (χ2n) is 3.69. The van der Waals surface area contributed by atoms with Gasteiger partial charge in [0, 0.05) is 13.0 Å². The standard InChI is InChI=1S/C9H15N3/c1-7-5-3-4-6-8-9(7)10-11-12(8)2/h7H,3-6H2,1-2H3. The minimum absolute atomic E-state index is 0.608. The Hall–Kier alpha value is -0.860. The molecule has 3 heteroatoms. The van der Waals surface area contributed by atoms with Gasteiger partial charge in [-0.2, -0.15) is 0 Å². The van der Waals surface area contributed by atoms with Gasteiger partial charge in [-0.15, -0.1) is 5.10 Å². The highest BCUT2D eigenvalue weighted by molar-refractivity contribution is 5.16. The number of aryl methyl sites for hydroxylation is 1. The first-order valence-electron chi connectivity index (χ1n) is 4.67. The van der Waals surface area contributed by atoms with Gasteiger partial charge in [-0.3, -0.25) is 4.68 Å². The summed E-state index contributed by atoms with van der Waals surface area (Å²) in [5.41, 5.74) is 2.58. The van der Waals surface area contributed by atoms with Crippen LogP contribution in [-0.2, 0) is 13.5 Å². The summed E-state index contributed by atoms with van der Waals surface area (Å²) in [5, 5.41) is 8.27. The lowest BCUT2D eigenvalue weighted by Crippen LogP contribution is -1.99. The summed E-state index contributed by atoms with van der Waals surface area (Å²) >= 11 is 0. The maximum atomic E-state index is 4.21. The van der Waals surface area contributed by atoms with E-state index in [1.807, 2.05) is 11.7 Å². The molecule has 0 aromatic carbocycles. The Morgan fingerprint density at radius 3 is 3.08 bits per heavy atom. The lowest BCUT2D eigenvalue weighted by Gasteiger charge is -2.04. The molecule has 1 heterocycles. The van der Waals surface area contributed by atoms with E-state index in [0.29, 0.717) is 5.92 Å².